The Labute approximate surface area is 167 Å². The highest BCUT2D eigenvalue weighted by atomic mass is 16.5. The molecule has 2 rings (SSSR count). The van der Waals surface area contributed by atoms with Crippen LogP contribution in [-0.2, 0) is 19.1 Å². The predicted molar refractivity (Wildman–Crippen MR) is 108 cm³/mol. The number of amides is 2. The molecule has 28 heavy (non-hydrogen) atoms. The van der Waals surface area contributed by atoms with Crippen LogP contribution in [0.15, 0.2) is 18.2 Å². The van der Waals surface area contributed by atoms with E-state index < -0.39 is 0 Å². The minimum atomic E-state index is -0.214. The van der Waals surface area contributed by atoms with Gasteiger partial charge in [0.1, 0.15) is 0 Å². The van der Waals surface area contributed by atoms with Gasteiger partial charge in [0, 0.05) is 12.7 Å². The summed E-state index contributed by atoms with van der Waals surface area (Å²) in [5, 5.41) is 2.90. The van der Waals surface area contributed by atoms with Crippen LogP contribution in [0.4, 0.5) is 5.69 Å². The maximum absolute atomic E-state index is 12.5. The van der Waals surface area contributed by atoms with Crippen molar-refractivity contribution in [2.24, 2.45) is 5.92 Å². The molecule has 1 heterocycles. The van der Waals surface area contributed by atoms with Crippen LogP contribution < -0.4 is 5.32 Å². The Morgan fingerprint density at radius 3 is 2.36 bits per heavy atom. The van der Waals surface area contributed by atoms with Crippen LogP contribution in [0.5, 0.6) is 0 Å². The summed E-state index contributed by atoms with van der Waals surface area (Å²) >= 11 is 0. The molecule has 7 nitrogen and oxygen atoms in total. The number of hydrogen-bond acceptors (Lipinski definition) is 5. The first kappa shape index (κ1) is 21.9. The average molecular weight is 389 g/mol. The van der Waals surface area contributed by atoms with E-state index in [0.717, 1.165) is 16.8 Å². The standard InChI is InChI=1S/C21H31N3O4/c1-5-28-21(27)17-9-11-24(12-10-17)14-19(26)23(4)13-18(25)22-20-15(2)7-6-8-16(20)3/h6-8,17H,5,9-14H2,1-4H3,(H,22,25). The van der Waals surface area contributed by atoms with Crippen molar-refractivity contribution in [3.05, 3.63) is 29.3 Å². The van der Waals surface area contributed by atoms with E-state index in [9.17, 15) is 14.4 Å². The molecule has 1 aromatic carbocycles. The van der Waals surface area contributed by atoms with Crippen molar-refractivity contribution in [3.8, 4) is 0 Å². The lowest BCUT2D eigenvalue weighted by Crippen LogP contribution is -2.45. The van der Waals surface area contributed by atoms with Crippen LogP contribution in [0.3, 0.4) is 0 Å². The van der Waals surface area contributed by atoms with Crippen LogP contribution >= 0.6 is 0 Å². The predicted octanol–water partition coefficient (Wildman–Crippen LogP) is 1.98. The molecule has 0 radical (unpaired) electrons. The van der Waals surface area contributed by atoms with Gasteiger partial charge >= 0.3 is 5.97 Å². The first-order valence-electron chi connectivity index (χ1n) is 9.80. The van der Waals surface area contributed by atoms with Gasteiger partial charge in [0.05, 0.1) is 25.6 Å². The van der Waals surface area contributed by atoms with Gasteiger partial charge in [-0.25, -0.2) is 0 Å². The summed E-state index contributed by atoms with van der Waals surface area (Å²) in [6.45, 7) is 7.70. The molecule has 154 valence electrons. The number of esters is 1. The summed E-state index contributed by atoms with van der Waals surface area (Å²) in [7, 11) is 1.64. The summed E-state index contributed by atoms with van der Waals surface area (Å²) in [6, 6.07) is 5.83. The molecule has 2 amide bonds. The van der Waals surface area contributed by atoms with Crippen LogP contribution in [0, 0.1) is 19.8 Å². The zero-order valence-electron chi connectivity index (χ0n) is 17.3. The Kier molecular flexibility index (Phi) is 7.99. The molecule has 1 saturated heterocycles. The Balaban J connectivity index is 1.78. The second-order valence-corrected chi connectivity index (χ2v) is 7.37. The van der Waals surface area contributed by atoms with Crippen molar-refractivity contribution in [2.75, 3.05) is 45.2 Å². The number of piperidine rings is 1. The fourth-order valence-corrected chi connectivity index (χ4v) is 3.39. The molecule has 0 aromatic heterocycles. The number of carbonyl (C=O) groups is 3. The minimum absolute atomic E-state index is 0.00585. The number of benzene rings is 1. The van der Waals surface area contributed by atoms with E-state index in [-0.39, 0.29) is 36.8 Å². The Morgan fingerprint density at radius 1 is 1.18 bits per heavy atom. The lowest BCUT2D eigenvalue weighted by Gasteiger charge is -2.31. The van der Waals surface area contributed by atoms with E-state index >= 15 is 0 Å². The number of anilines is 1. The van der Waals surface area contributed by atoms with Crippen molar-refractivity contribution in [1.82, 2.24) is 9.80 Å². The van der Waals surface area contributed by atoms with Crippen molar-refractivity contribution in [1.29, 1.82) is 0 Å². The van der Waals surface area contributed by atoms with E-state index in [0.29, 0.717) is 32.5 Å². The van der Waals surface area contributed by atoms with E-state index in [1.807, 2.05) is 36.9 Å². The van der Waals surface area contributed by atoms with Crippen LogP contribution in [-0.4, -0.2) is 67.4 Å². The molecule has 0 aliphatic carbocycles. The summed E-state index contributed by atoms with van der Waals surface area (Å²) < 4.78 is 5.07. The topological polar surface area (TPSA) is 79.0 Å². The van der Waals surface area contributed by atoms with Gasteiger partial charge in [0.15, 0.2) is 0 Å². The lowest BCUT2D eigenvalue weighted by atomic mass is 9.97. The molecule has 1 aliphatic heterocycles. The molecule has 1 fully saturated rings. The summed E-state index contributed by atoms with van der Waals surface area (Å²) in [6.07, 6.45) is 1.39. The largest absolute Gasteiger partial charge is 0.466 e. The molecule has 1 N–H and O–H groups in total. The highest BCUT2D eigenvalue weighted by Gasteiger charge is 2.27. The van der Waals surface area contributed by atoms with E-state index in [1.165, 1.54) is 4.90 Å². The van der Waals surface area contributed by atoms with Crippen LogP contribution in [0.2, 0.25) is 0 Å². The normalized spacial score (nSPS) is 15.1. The number of nitrogens with one attached hydrogen (secondary N) is 1. The molecule has 0 saturated carbocycles. The van der Waals surface area contributed by atoms with Crippen molar-refractivity contribution in [3.63, 3.8) is 0 Å². The second-order valence-electron chi connectivity index (χ2n) is 7.37. The summed E-state index contributed by atoms with van der Waals surface area (Å²) in [5.41, 5.74) is 2.79. The maximum atomic E-state index is 12.5. The molecule has 1 aromatic rings. The number of hydrogen-bond donors (Lipinski definition) is 1. The van der Waals surface area contributed by atoms with E-state index in [2.05, 4.69) is 5.32 Å². The van der Waals surface area contributed by atoms with Crippen LogP contribution in [0.25, 0.3) is 0 Å². The van der Waals surface area contributed by atoms with Gasteiger partial charge in [0.25, 0.3) is 0 Å². The number of para-hydroxylation sites is 1. The molecule has 0 atom stereocenters. The molecule has 1 aliphatic rings. The number of aryl methyl sites for hydroxylation is 2. The third-order valence-corrected chi connectivity index (χ3v) is 5.12. The smallest absolute Gasteiger partial charge is 0.309 e. The van der Waals surface area contributed by atoms with Gasteiger partial charge in [-0.2, -0.15) is 0 Å². The Morgan fingerprint density at radius 2 is 1.79 bits per heavy atom. The third-order valence-electron chi connectivity index (χ3n) is 5.12. The zero-order chi connectivity index (χ0) is 20.7. The van der Waals surface area contributed by atoms with Gasteiger partial charge in [-0.05, 0) is 57.8 Å². The van der Waals surface area contributed by atoms with Crippen molar-refractivity contribution in [2.45, 2.75) is 33.6 Å². The fourth-order valence-electron chi connectivity index (χ4n) is 3.39. The number of likely N-dealkylation sites (tertiary alicyclic amines) is 1. The van der Waals surface area contributed by atoms with Crippen molar-refractivity contribution < 1.29 is 19.1 Å². The molecule has 7 heteroatoms. The Hall–Kier alpha value is -2.41. The number of rotatable bonds is 7. The lowest BCUT2D eigenvalue weighted by molar-refractivity contribution is -0.149. The molecule has 0 unspecified atom stereocenters. The van der Waals surface area contributed by atoms with Crippen LogP contribution in [0.1, 0.15) is 30.9 Å². The van der Waals surface area contributed by atoms with E-state index in [1.54, 1.807) is 14.0 Å². The summed E-state index contributed by atoms with van der Waals surface area (Å²) in [4.78, 5) is 40.1. The van der Waals surface area contributed by atoms with Gasteiger partial charge in [-0.1, -0.05) is 18.2 Å². The molecular weight excluding hydrogens is 358 g/mol. The minimum Gasteiger partial charge on any atom is -0.466 e. The first-order valence-corrected chi connectivity index (χ1v) is 9.80. The number of likely N-dealkylation sites (N-methyl/N-ethyl adjacent to an activating group) is 1. The Bertz CT molecular complexity index is 691. The average Bonchev–Trinajstić information content (AvgIpc) is 2.65. The monoisotopic (exact) mass is 389 g/mol. The number of nitrogens with zero attached hydrogens (tertiary/aromatic N) is 2. The quantitative estimate of drug-likeness (QED) is 0.722. The fraction of sp³-hybridized carbons (Fsp3) is 0.571. The number of ether oxygens (including phenoxy) is 1. The number of carbonyl (C=O) groups excluding carboxylic acids is 3. The maximum Gasteiger partial charge on any atom is 0.309 e. The van der Waals surface area contributed by atoms with Gasteiger partial charge in [-0.15, -0.1) is 0 Å². The molecule has 0 spiro atoms. The van der Waals surface area contributed by atoms with Gasteiger partial charge < -0.3 is 15.0 Å². The zero-order valence-corrected chi connectivity index (χ0v) is 17.3. The summed E-state index contributed by atoms with van der Waals surface area (Å²) in [5.74, 6) is -0.540. The molecular formula is C21H31N3O4. The third kappa shape index (κ3) is 6.05. The second kappa shape index (κ2) is 10.2. The highest BCUT2D eigenvalue weighted by molar-refractivity contribution is 5.95. The first-order chi connectivity index (χ1) is 13.3. The highest BCUT2D eigenvalue weighted by Crippen LogP contribution is 2.20. The van der Waals surface area contributed by atoms with E-state index in [4.69, 9.17) is 4.74 Å². The van der Waals surface area contributed by atoms with Gasteiger partial charge in [0.2, 0.25) is 11.8 Å². The van der Waals surface area contributed by atoms with Gasteiger partial charge in [-0.3, -0.25) is 19.3 Å². The molecule has 0 bridgehead atoms. The van der Waals surface area contributed by atoms with Crippen molar-refractivity contribution >= 4 is 23.5 Å². The SMILES string of the molecule is CCOC(=O)C1CCN(CC(=O)N(C)CC(=O)Nc2c(C)cccc2C)CC1.